The van der Waals surface area contributed by atoms with E-state index in [4.69, 9.17) is 0 Å². The summed E-state index contributed by atoms with van der Waals surface area (Å²) < 4.78 is 5.93. The standard InChI is InChI=1S/C6H9O.2CH3.Bi/c7-6-4-2-1-3-5-6;;;/h1H,2-5H2;2*1H3;. The number of rotatable bonds is 1. The van der Waals surface area contributed by atoms with Gasteiger partial charge in [-0.05, 0) is 0 Å². The van der Waals surface area contributed by atoms with Crippen LogP contribution in [-0.2, 0) is 4.79 Å². The number of hydrogen-bond acceptors (Lipinski definition) is 1. The Hall–Kier alpha value is 0.553. The fourth-order valence-electron chi connectivity index (χ4n) is 1.44. The van der Waals surface area contributed by atoms with E-state index in [1.54, 1.807) is 0 Å². The van der Waals surface area contributed by atoms with Gasteiger partial charge in [-0.3, -0.25) is 0 Å². The zero-order valence-electron chi connectivity index (χ0n) is 6.76. The molecule has 10 heavy (non-hydrogen) atoms. The van der Waals surface area contributed by atoms with Crippen molar-refractivity contribution in [3.63, 3.8) is 0 Å². The predicted octanol–water partition coefficient (Wildman–Crippen LogP) is 2.25. The Morgan fingerprint density at radius 1 is 1.30 bits per heavy atom. The van der Waals surface area contributed by atoms with Gasteiger partial charge in [-0.25, -0.2) is 0 Å². The van der Waals surface area contributed by atoms with Gasteiger partial charge >= 0.3 is 70.9 Å². The topological polar surface area (TPSA) is 17.1 Å². The van der Waals surface area contributed by atoms with Crippen LogP contribution >= 0.6 is 0 Å². The Morgan fingerprint density at radius 3 is 2.20 bits per heavy atom. The molecule has 0 amide bonds. The van der Waals surface area contributed by atoms with Crippen LogP contribution in [0.2, 0.25) is 12.9 Å². The van der Waals surface area contributed by atoms with Crippen LogP contribution in [0, 0.1) is 0 Å². The van der Waals surface area contributed by atoms with Gasteiger partial charge in [0.25, 0.3) is 0 Å². The summed E-state index contributed by atoms with van der Waals surface area (Å²) in [5.41, 5.74) is 0. The first-order valence-corrected chi connectivity index (χ1v) is 12.8. The molecule has 0 aliphatic heterocycles. The maximum atomic E-state index is 10.9. The number of Topliss-reactive ketones (excluding diaryl/α,β-unsaturated/α-hetero) is 1. The van der Waals surface area contributed by atoms with Gasteiger partial charge in [0.2, 0.25) is 0 Å². The number of carbonyl (C=O) groups excluding carboxylic acids is 1. The second-order valence-corrected chi connectivity index (χ2v) is 13.6. The molecule has 0 spiro atoms. The molecule has 58 valence electrons. The Kier molecular flexibility index (Phi) is 3.29. The minimum absolute atomic E-state index is 0.502. The molecule has 1 saturated carbocycles. The average molecular weight is 336 g/mol. The molecule has 0 aromatic rings. The van der Waals surface area contributed by atoms with Gasteiger partial charge in [0, 0.05) is 0 Å². The zero-order valence-corrected chi connectivity index (χ0v) is 10.2. The molecular weight excluding hydrogens is 321 g/mol. The van der Waals surface area contributed by atoms with Gasteiger partial charge in [-0.15, -0.1) is 0 Å². The Morgan fingerprint density at radius 2 is 1.80 bits per heavy atom. The normalized spacial score (nSPS) is 22.1. The van der Waals surface area contributed by atoms with Crippen molar-refractivity contribution < 1.29 is 4.79 Å². The van der Waals surface area contributed by atoms with Crippen molar-refractivity contribution >= 4 is 27.5 Å². The molecular formula is C8H15BiO. The molecule has 1 aliphatic rings. The summed E-state index contributed by atoms with van der Waals surface area (Å²) >= 11 is -0.993. The quantitative estimate of drug-likeness (QED) is 0.672. The fourth-order valence-corrected chi connectivity index (χ4v) is 6.46. The van der Waals surface area contributed by atoms with E-state index in [0.29, 0.717) is 5.78 Å². The van der Waals surface area contributed by atoms with Crippen LogP contribution in [0.3, 0.4) is 0 Å². The van der Waals surface area contributed by atoms with E-state index in [0.717, 1.165) is 16.5 Å². The second-order valence-electron chi connectivity index (χ2n) is 3.23. The van der Waals surface area contributed by atoms with E-state index < -0.39 is 21.8 Å². The molecule has 2 heteroatoms. The summed E-state index contributed by atoms with van der Waals surface area (Å²) in [5, 5.41) is 0. The van der Waals surface area contributed by atoms with Crippen molar-refractivity contribution in [3.05, 3.63) is 0 Å². The van der Waals surface area contributed by atoms with E-state index in [-0.39, 0.29) is 0 Å². The second kappa shape index (κ2) is 3.80. The first-order valence-electron chi connectivity index (χ1n) is 3.88. The van der Waals surface area contributed by atoms with Crippen LogP contribution in [0.15, 0.2) is 0 Å². The summed E-state index contributed by atoms with van der Waals surface area (Å²) in [5.74, 6) is 0.502. The SMILES string of the molecule is [CH3][Bi]([CH3])[CH]1CCC(=O)CC1. The van der Waals surface area contributed by atoms with Gasteiger partial charge in [-0.1, -0.05) is 0 Å². The summed E-state index contributed by atoms with van der Waals surface area (Å²) in [7, 11) is 0. The third-order valence-electron chi connectivity index (χ3n) is 2.24. The Balaban J connectivity index is 2.33. The molecule has 0 saturated heterocycles. The number of ketones is 1. The molecule has 0 radical (unpaired) electrons. The first-order chi connectivity index (χ1) is 4.70. The number of hydrogen-bond donors (Lipinski definition) is 0. The average Bonchev–Trinajstić information content (AvgIpc) is 1.88. The Bertz CT molecular complexity index is 121. The molecule has 0 N–H and O–H groups in total. The summed E-state index contributed by atoms with van der Waals surface area (Å²) in [4.78, 5) is 10.9. The van der Waals surface area contributed by atoms with Crippen LogP contribution in [0.25, 0.3) is 0 Å². The third kappa shape index (κ3) is 2.30. The van der Waals surface area contributed by atoms with Crippen molar-refractivity contribution in [2.45, 2.75) is 38.6 Å². The molecule has 0 aromatic heterocycles. The fraction of sp³-hybridized carbons (Fsp3) is 0.875. The van der Waals surface area contributed by atoms with Crippen molar-refractivity contribution in [2.75, 3.05) is 0 Å². The molecule has 1 fully saturated rings. The molecule has 1 nitrogen and oxygen atoms in total. The van der Waals surface area contributed by atoms with Gasteiger partial charge in [0.1, 0.15) is 0 Å². The van der Waals surface area contributed by atoms with Gasteiger partial charge in [0.05, 0.1) is 0 Å². The van der Waals surface area contributed by atoms with Crippen LogP contribution in [0.5, 0.6) is 0 Å². The van der Waals surface area contributed by atoms with E-state index in [1.807, 2.05) is 0 Å². The van der Waals surface area contributed by atoms with Crippen molar-refractivity contribution in [3.8, 4) is 0 Å². The first kappa shape index (κ1) is 8.65. The van der Waals surface area contributed by atoms with Gasteiger partial charge < -0.3 is 0 Å². The van der Waals surface area contributed by atoms with E-state index in [9.17, 15) is 4.79 Å². The van der Waals surface area contributed by atoms with Crippen LogP contribution < -0.4 is 0 Å². The Labute approximate surface area is 70.9 Å². The van der Waals surface area contributed by atoms with Crippen molar-refractivity contribution in [1.29, 1.82) is 0 Å². The molecule has 0 unspecified atom stereocenters. The summed E-state index contributed by atoms with van der Waals surface area (Å²) in [6, 6.07) is 0. The van der Waals surface area contributed by atoms with Crippen LogP contribution in [0.1, 0.15) is 25.7 Å². The van der Waals surface area contributed by atoms with E-state index in [2.05, 4.69) is 9.26 Å². The molecule has 0 atom stereocenters. The van der Waals surface area contributed by atoms with Crippen LogP contribution in [-0.4, -0.2) is 27.5 Å². The monoisotopic (exact) mass is 336 g/mol. The van der Waals surface area contributed by atoms with Crippen molar-refractivity contribution in [1.82, 2.24) is 0 Å². The summed E-state index contributed by atoms with van der Waals surface area (Å²) in [6.07, 6.45) is 4.23. The molecule has 0 heterocycles. The predicted molar refractivity (Wildman–Crippen MR) is 44.7 cm³/mol. The third-order valence-corrected chi connectivity index (χ3v) is 9.93. The van der Waals surface area contributed by atoms with E-state index in [1.165, 1.54) is 12.8 Å². The number of carbonyl (C=O) groups is 1. The maximum absolute atomic E-state index is 10.9. The van der Waals surface area contributed by atoms with Crippen LogP contribution in [0.4, 0.5) is 0 Å². The molecule has 1 aliphatic carbocycles. The van der Waals surface area contributed by atoms with Crippen molar-refractivity contribution in [2.24, 2.45) is 0 Å². The summed E-state index contributed by atoms with van der Waals surface area (Å²) in [6.45, 7) is 0. The molecule has 1 rings (SSSR count). The van der Waals surface area contributed by atoms with E-state index >= 15 is 0 Å². The molecule has 0 aromatic carbocycles. The molecule has 0 bridgehead atoms. The van der Waals surface area contributed by atoms with Gasteiger partial charge in [0.15, 0.2) is 0 Å². The zero-order chi connectivity index (χ0) is 7.56. The minimum atomic E-state index is -0.993. The van der Waals surface area contributed by atoms with Gasteiger partial charge in [-0.2, -0.15) is 0 Å².